The summed E-state index contributed by atoms with van der Waals surface area (Å²) in [5.74, 6) is 1.11. The highest BCUT2D eigenvalue weighted by Gasteiger charge is 2.25. The minimum Gasteiger partial charge on any atom is -0.496 e. The first-order chi connectivity index (χ1) is 14.4. The monoisotopic (exact) mass is 414 g/mol. The van der Waals surface area contributed by atoms with Crippen LogP contribution in [0.25, 0.3) is 0 Å². The van der Waals surface area contributed by atoms with Crippen molar-refractivity contribution in [2.45, 2.75) is 26.3 Å². The smallest absolute Gasteiger partial charge is 0.255 e. The molecule has 2 N–H and O–H groups in total. The molecule has 0 radical (unpaired) electrons. The van der Waals surface area contributed by atoms with E-state index in [1.165, 1.54) is 7.11 Å². The second-order valence-electron chi connectivity index (χ2n) is 7.13. The van der Waals surface area contributed by atoms with E-state index in [0.29, 0.717) is 35.8 Å². The Hall–Kier alpha value is -3.22. The molecule has 0 saturated carbocycles. The second-order valence-corrected chi connectivity index (χ2v) is 7.13. The van der Waals surface area contributed by atoms with Crippen molar-refractivity contribution in [3.05, 3.63) is 53.6 Å². The number of methoxy groups -OCH3 is 3. The molecule has 7 heteroatoms. The minimum atomic E-state index is -0.659. The number of nitrogens with one attached hydrogen (secondary N) is 2. The van der Waals surface area contributed by atoms with Crippen molar-refractivity contribution < 1.29 is 23.8 Å². The van der Waals surface area contributed by atoms with Crippen LogP contribution in [-0.2, 0) is 11.2 Å². The zero-order valence-corrected chi connectivity index (χ0v) is 18.2. The summed E-state index contributed by atoms with van der Waals surface area (Å²) >= 11 is 0. The van der Waals surface area contributed by atoms with Gasteiger partial charge in [-0.2, -0.15) is 0 Å². The summed E-state index contributed by atoms with van der Waals surface area (Å²) in [6, 6.07) is 11.9. The Kier molecular flexibility index (Phi) is 8.53. The average Bonchev–Trinajstić information content (AvgIpc) is 2.76. The van der Waals surface area contributed by atoms with Crippen LogP contribution in [0.15, 0.2) is 42.5 Å². The molecule has 1 atom stereocenters. The van der Waals surface area contributed by atoms with Gasteiger partial charge in [-0.3, -0.25) is 9.59 Å². The van der Waals surface area contributed by atoms with Crippen LogP contribution >= 0.6 is 0 Å². The van der Waals surface area contributed by atoms with Crippen LogP contribution in [0, 0.1) is 5.92 Å². The van der Waals surface area contributed by atoms with Gasteiger partial charge in [0.2, 0.25) is 5.91 Å². The van der Waals surface area contributed by atoms with Gasteiger partial charge < -0.3 is 24.8 Å². The van der Waals surface area contributed by atoms with E-state index >= 15 is 0 Å². The summed E-state index contributed by atoms with van der Waals surface area (Å²) < 4.78 is 15.8. The molecule has 0 spiro atoms. The molecule has 0 bridgehead atoms. The SMILES string of the molecule is COc1ccc(CCNC(=O)[C@@H](NC(=O)c2ccccc2OC)C(C)C)cc1OC. The normalized spacial score (nSPS) is 11.5. The van der Waals surface area contributed by atoms with Gasteiger partial charge in [-0.25, -0.2) is 0 Å². The number of rotatable bonds is 10. The maximum absolute atomic E-state index is 12.7. The van der Waals surface area contributed by atoms with Gasteiger partial charge in [0.1, 0.15) is 11.8 Å². The van der Waals surface area contributed by atoms with Crippen LogP contribution in [0.2, 0.25) is 0 Å². The van der Waals surface area contributed by atoms with Crippen molar-refractivity contribution in [1.29, 1.82) is 0 Å². The maximum Gasteiger partial charge on any atom is 0.255 e. The molecular formula is C23H30N2O5. The molecule has 0 heterocycles. The van der Waals surface area contributed by atoms with E-state index in [9.17, 15) is 9.59 Å². The van der Waals surface area contributed by atoms with E-state index < -0.39 is 6.04 Å². The van der Waals surface area contributed by atoms with Crippen LogP contribution in [0.4, 0.5) is 0 Å². The molecule has 2 rings (SSSR count). The Balaban J connectivity index is 1.98. The summed E-state index contributed by atoms with van der Waals surface area (Å²) in [5.41, 5.74) is 1.40. The molecular weight excluding hydrogens is 384 g/mol. The molecule has 2 amide bonds. The number of hydrogen-bond donors (Lipinski definition) is 2. The van der Waals surface area contributed by atoms with Crippen molar-refractivity contribution in [2.24, 2.45) is 5.92 Å². The van der Waals surface area contributed by atoms with Gasteiger partial charge in [0.15, 0.2) is 11.5 Å². The predicted molar refractivity (Wildman–Crippen MR) is 115 cm³/mol. The van der Waals surface area contributed by atoms with Crippen molar-refractivity contribution in [3.8, 4) is 17.2 Å². The third-order valence-electron chi connectivity index (χ3n) is 4.75. The fourth-order valence-corrected chi connectivity index (χ4v) is 3.06. The summed E-state index contributed by atoms with van der Waals surface area (Å²) in [7, 11) is 4.68. The first-order valence-corrected chi connectivity index (χ1v) is 9.83. The van der Waals surface area contributed by atoms with Crippen LogP contribution < -0.4 is 24.8 Å². The van der Waals surface area contributed by atoms with Crippen LogP contribution in [-0.4, -0.2) is 45.7 Å². The van der Waals surface area contributed by atoms with E-state index in [2.05, 4.69) is 10.6 Å². The van der Waals surface area contributed by atoms with Crippen molar-refractivity contribution >= 4 is 11.8 Å². The molecule has 0 aliphatic carbocycles. The Labute approximate surface area is 177 Å². The number of ether oxygens (including phenoxy) is 3. The number of hydrogen-bond acceptors (Lipinski definition) is 5. The lowest BCUT2D eigenvalue weighted by Crippen LogP contribution is -2.50. The fourth-order valence-electron chi connectivity index (χ4n) is 3.06. The summed E-state index contributed by atoms with van der Waals surface area (Å²) in [6.45, 7) is 4.21. The lowest BCUT2D eigenvalue weighted by molar-refractivity contribution is -0.123. The Morgan fingerprint density at radius 2 is 1.57 bits per heavy atom. The molecule has 0 unspecified atom stereocenters. The molecule has 0 aromatic heterocycles. The topological polar surface area (TPSA) is 85.9 Å². The highest BCUT2D eigenvalue weighted by atomic mass is 16.5. The highest BCUT2D eigenvalue weighted by Crippen LogP contribution is 2.27. The number of carbonyl (C=O) groups is 2. The van der Waals surface area contributed by atoms with E-state index in [4.69, 9.17) is 14.2 Å². The molecule has 0 aliphatic heterocycles. The molecule has 162 valence electrons. The third kappa shape index (κ3) is 5.89. The summed E-state index contributed by atoms with van der Waals surface area (Å²) in [4.78, 5) is 25.4. The molecule has 0 fully saturated rings. The van der Waals surface area contributed by atoms with Gasteiger partial charge in [-0.1, -0.05) is 32.0 Å². The first-order valence-electron chi connectivity index (χ1n) is 9.83. The van der Waals surface area contributed by atoms with Gasteiger partial charge in [0.25, 0.3) is 5.91 Å². The fraction of sp³-hybridized carbons (Fsp3) is 0.391. The van der Waals surface area contributed by atoms with Gasteiger partial charge in [-0.05, 0) is 42.2 Å². The van der Waals surface area contributed by atoms with Crippen molar-refractivity contribution in [1.82, 2.24) is 10.6 Å². The summed E-state index contributed by atoms with van der Waals surface area (Å²) in [6.07, 6.45) is 0.622. The van der Waals surface area contributed by atoms with Gasteiger partial charge in [0.05, 0.1) is 26.9 Å². The van der Waals surface area contributed by atoms with Crippen LogP contribution in [0.1, 0.15) is 29.8 Å². The van der Waals surface area contributed by atoms with Crippen molar-refractivity contribution in [3.63, 3.8) is 0 Å². The molecule has 0 aliphatic rings. The Morgan fingerprint density at radius 1 is 0.900 bits per heavy atom. The lowest BCUT2D eigenvalue weighted by Gasteiger charge is -2.22. The third-order valence-corrected chi connectivity index (χ3v) is 4.75. The Morgan fingerprint density at radius 3 is 2.20 bits per heavy atom. The highest BCUT2D eigenvalue weighted by molar-refractivity contribution is 5.99. The van der Waals surface area contributed by atoms with Crippen LogP contribution in [0.3, 0.4) is 0 Å². The number of para-hydroxylation sites is 1. The van der Waals surface area contributed by atoms with E-state index in [-0.39, 0.29) is 17.7 Å². The molecule has 7 nitrogen and oxygen atoms in total. The van der Waals surface area contributed by atoms with Gasteiger partial charge in [-0.15, -0.1) is 0 Å². The zero-order valence-electron chi connectivity index (χ0n) is 18.2. The molecule has 2 aromatic rings. The van der Waals surface area contributed by atoms with E-state index in [1.54, 1.807) is 38.5 Å². The molecule has 30 heavy (non-hydrogen) atoms. The largest absolute Gasteiger partial charge is 0.496 e. The van der Waals surface area contributed by atoms with E-state index in [0.717, 1.165) is 5.56 Å². The van der Waals surface area contributed by atoms with Gasteiger partial charge >= 0.3 is 0 Å². The van der Waals surface area contributed by atoms with Crippen molar-refractivity contribution in [2.75, 3.05) is 27.9 Å². The molecule has 2 aromatic carbocycles. The lowest BCUT2D eigenvalue weighted by atomic mass is 10.0. The zero-order chi connectivity index (χ0) is 22.1. The number of carbonyl (C=O) groups excluding carboxylic acids is 2. The average molecular weight is 415 g/mol. The number of benzene rings is 2. The first kappa shape index (κ1) is 23.1. The molecule has 0 saturated heterocycles. The quantitative estimate of drug-likeness (QED) is 0.624. The second kappa shape index (κ2) is 11.1. The van der Waals surface area contributed by atoms with E-state index in [1.807, 2.05) is 32.0 Å². The Bertz CT molecular complexity index is 866. The number of amides is 2. The maximum atomic E-state index is 12.7. The summed E-state index contributed by atoms with van der Waals surface area (Å²) in [5, 5.41) is 5.73. The standard InChI is InChI=1S/C23H30N2O5/c1-15(2)21(25-22(26)17-8-6-7-9-18(17)28-3)23(27)24-13-12-16-10-11-19(29-4)20(14-16)30-5/h6-11,14-15,21H,12-13H2,1-5H3,(H,24,27)(H,25,26)/t21-/m0/s1. The van der Waals surface area contributed by atoms with Gasteiger partial charge in [0, 0.05) is 6.54 Å². The minimum absolute atomic E-state index is 0.0789. The van der Waals surface area contributed by atoms with Crippen LogP contribution in [0.5, 0.6) is 17.2 Å². The predicted octanol–water partition coefficient (Wildman–Crippen LogP) is 2.83.